The van der Waals surface area contributed by atoms with Gasteiger partial charge in [0.05, 0.1) is 0 Å². The molecule has 0 radical (unpaired) electrons. The Labute approximate surface area is 81.1 Å². The van der Waals surface area contributed by atoms with Crippen molar-refractivity contribution in [1.29, 1.82) is 0 Å². The van der Waals surface area contributed by atoms with E-state index in [4.69, 9.17) is 4.74 Å². The lowest BCUT2D eigenvalue weighted by molar-refractivity contribution is -0.130. The number of carbonyl (C=O) groups excluding carboxylic acids is 1. The van der Waals surface area contributed by atoms with E-state index in [1.54, 1.807) is 7.11 Å². The van der Waals surface area contributed by atoms with Gasteiger partial charge >= 0.3 is 0 Å². The summed E-state index contributed by atoms with van der Waals surface area (Å²) in [7, 11) is 5.50. The highest BCUT2D eigenvalue weighted by Gasteiger charge is 2.29. The zero-order valence-electron chi connectivity index (χ0n) is 9.17. The Hall–Kier alpha value is -0.410. The number of nitrogens with zero attached hydrogens (tertiary/aromatic N) is 1. The van der Waals surface area contributed by atoms with E-state index in [9.17, 15) is 4.79 Å². The summed E-state index contributed by atoms with van der Waals surface area (Å²) < 4.78 is 5.29. The summed E-state index contributed by atoms with van der Waals surface area (Å²) in [4.78, 5) is 12.9. The van der Waals surface area contributed by atoms with Gasteiger partial charge in [-0.1, -0.05) is 19.8 Å². The van der Waals surface area contributed by atoms with Gasteiger partial charge in [-0.2, -0.15) is 0 Å². The number of hydrogen-bond acceptors (Lipinski definition) is 3. The van der Waals surface area contributed by atoms with Gasteiger partial charge in [0.2, 0.25) is 0 Å². The molecule has 0 saturated heterocycles. The van der Waals surface area contributed by atoms with Crippen molar-refractivity contribution < 1.29 is 9.53 Å². The molecule has 3 nitrogen and oxygen atoms in total. The zero-order chi connectivity index (χ0) is 10.3. The van der Waals surface area contributed by atoms with Crippen LogP contribution < -0.4 is 0 Å². The monoisotopic (exact) mass is 187 g/mol. The summed E-state index contributed by atoms with van der Waals surface area (Å²) in [6.45, 7) is 2.77. The maximum atomic E-state index is 10.9. The van der Waals surface area contributed by atoms with E-state index in [-0.39, 0.29) is 0 Å². The van der Waals surface area contributed by atoms with Crippen LogP contribution in [0.4, 0.5) is 0 Å². The van der Waals surface area contributed by atoms with Crippen LogP contribution in [0.15, 0.2) is 0 Å². The van der Waals surface area contributed by atoms with Crippen molar-refractivity contribution in [3.8, 4) is 0 Å². The lowest BCUT2D eigenvalue weighted by atomic mass is 9.98. The van der Waals surface area contributed by atoms with Crippen molar-refractivity contribution in [2.45, 2.75) is 31.8 Å². The molecule has 78 valence electrons. The van der Waals surface area contributed by atoms with Crippen molar-refractivity contribution in [3.63, 3.8) is 0 Å². The molecule has 13 heavy (non-hydrogen) atoms. The summed E-state index contributed by atoms with van der Waals surface area (Å²) in [5.74, 6) is 0. The molecule has 3 heteroatoms. The lowest BCUT2D eigenvalue weighted by Crippen LogP contribution is -2.43. The molecule has 0 aromatic rings. The first-order valence-electron chi connectivity index (χ1n) is 4.76. The number of aldehydes is 1. The third-order valence-corrected chi connectivity index (χ3v) is 2.16. The predicted octanol–water partition coefficient (Wildman–Crippen LogP) is 1.32. The minimum atomic E-state index is -0.598. The van der Waals surface area contributed by atoms with E-state index < -0.39 is 5.60 Å². The molecule has 0 aliphatic rings. The van der Waals surface area contributed by atoms with E-state index in [2.05, 4.69) is 6.92 Å². The third kappa shape index (κ3) is 4.39. The van der Waals surface area contributed by atoms with Crippen LogP contribution in [-0.2, 0) is 9.53 Å². The molecule has 0 aromatic carbocycles. The molecule has 0 fully saturated rings. The van der Waals surface area contributed by atoms with Gasteiger partial charge in [-0.05, 0) is 20.5 Å². The first-order chi connectivity index (χ1) is 6.10. The number of methoxy groups -OCH3 is 1. The standard InChI is InChI=1S/C10H21NO2/c1-5-6-7-10(9-12,13-4)8-11(2)3/h9H,5-8H2,1-4H3. The molecular weight excluding hydrogens is 166 g/mol. The fourth-order valence-corrected chi connectivity index (χ4v) is 1.40. The van der Waals surface area contributed by atoms with Crippen molar-refractivity contribution in [2.24, 2.45) is 0 Å². The maximum absolute atomic E-state index is 10.9. The van der Waals surface area contributed by atoms with Crippen LogP contribution in [0.2, 0.25) is 0 Å². The van der Waals surface area contributed by atoms with Gasteiger partial charge < -0.3 is 14.4 Å². The largest absolute Gasteiger partial charge is 0.369 e. The van der Waals surface area contributed by atoms with Crippen LogP contribution in [0.5, 0.6) is 0 Å². The number of rotatable bonds is 7. The van der Waals surface area contributed by atoms with E-state index in [1.807, 2.05) is 19.0 Å². The highest BCUT2D eigenvalue weighted by Crippen LogP contribution is 2.16. The predicted molar refractivity (Wildman–Crippen MR) is 53.9 cm³/mol. The average molecular weight is 187 g/mol. The Balaban J connectivity index is 4.21. The highest BCUT2D eigenvalue weighted by molar-refractivity contribution is 5.62. The zero-order valence-corrected chi connectivity index (χ0v) is 9.17. The normalized spacial score (nSPS) is 15.8. The van der Waals surface area contributed by atoms with Gasteiger partial charge in [-0.15, -0.1) is 0 Å². The molecule has 0 amide bonds. The van der Waals surface area contributed by atoms with Crippen molar-refractivity contribution >= 4 is 6.29 Å². The van der Waals surface area contributed by atoms with E-state index >= 15 is 0 Å². The fraction of sp³-hybridized carbons (Fsp3) is 0.900. The summed E-state index contributed by atoms with van der Waals surface area (Å²) >= 11 is 0. The number of hydrogen-bond donors (Lipinski definition) is 0. The second-order valence-corrected chi connectivity index (χ2v) is 3.73. The molecule has 1 atom stereocenters. The SMILES string of the molecule is CCCCC(C=O)(CN(C)C)OC. The molecule has 0 heterocycles. The number of carbonyl (C=O) groups is 1. The van der Waals surface area contributed by atoms with Crippen LogP contribution in [0.25, 0.3) is 0 Å². The van der Waals surface area contributed by atoms with Gasteiger partial charge in [-0.3, -0.25) is 0 Å². The minimum absolute atomic E-state index is 0.598. The van der Waals surface area contributed by atoms with Crippen molar-refractivity contribution in [3.05, 3.63) is 0 Å². The highest BCUT2D eigenvalue weighted by atomic mass is 16.5. The van der Waals surface area contributed by atoms with Gasteiger partial charge in [0.25, 0.3) is 0 Å². The molecule has 0 saturated carbocycles. The Morgan fingerprint density at radius 3 is 2.38 bits per heavy atom. The number of ether oxygens (including phenoxy) is 1. The van der Waals surface area contributed by atoms with Gasteiger partial charge in [0.15, 0.2) is 6.29 Å². The molecule has 0 rings (SSSR count). The summed E-state index contributed by atoms with van der Waals surface area (Å²) in [5.41, 5.74) is -0.598. The molecule has 0 bridgehead atoms. The maximum Gasteiger partial charge on any atom is 0.153 e. The van der Waals surface area contributed by atoms with E-state index in [1.165, 1.54) is 0 Å². The molecule has 0 aliphatic carbocycles. The second kappa shape index (κ2) is 6.11. The Morgan fingerprint density at radius 1 is 1.46 bits per heavy atom. The second-order valence-electron chi connectivity index (χ2n) is 3.73. The number of unbranched alkanes of at least 4 members (excludes halogenated alkanes) is 1. The van der Waals surface area contributed by atoms with Crippen LogP contribution in [0.3, 0.4) is 0 Å². The summed E-state index contributed by atoms with van der Waals surface area (Å²) in [6.07, 6.45) is 3.86. The quantitative estimate of drug-likeness (QED) is 0.563. The summed E-state index contributed by atoms with van der Waals surface area (Å²) in [6, 6.07) is 0. The van der Waals surface area contributed by atoms with Gasteiger partial charge in [0, 0.05) is 13.7 Å². The molecule has 0 aromatic heterocycles. The molecular formula is C10H21NO2. The Bertz CT molecular complexity index is 148. The first-order valence-corrected chi connectivity index (χ1v) is 4.76. The Kier molecular flexibility index (Phi) is 5.91. The smallest absolute Gasteiger partial charge is 0.153 e. The van der Waals surface area contributed by atoms with E-state index in [0.717, 1.165) is 25.5 Å². The van der Waals surface area contributed by atoms with Crippen molar-refractivity contribution in [1.82, 2.24) is 4.90 Å². The van der Waals surface area contributed by atoms with Crippen LogP contribution in [0.1, 0.15) is 26.2 Å². The molecule has 1 unspecified atom stereocenters. The van der Waals surface area contributed by atoms with Crippen molar-refractivity contribution in [2.75, 3.05) is 27.7 Å². The average Bonchev–Trinajstić information content (AvgIpc) is 2.12. The number of likely N-dealkylation sites (N-methyl/N-ethyl adjacent to an activating group) is 1. The minimum Gasteiger partial charge on any atom is -0.369 e. The third-order valence-electron chi connectivity index (χ3n) is 2.16. The fourth-order valence-electron chi connectivity index (χ4n) is 1.40. The van der Waals surface area contributed by atoms with Crippen LogP contribution >= 0.6 is 0 Å². The van der Waals surface area contributed by atoms with Gasteiger partial charge in [0.1, 0.15) is 5.60 Å². The summed E-state index contributed by atoms with van der Waals surface area (Å²) in [5, 5.41) is 0. The molecule has 0 N–H and O–H groups in total. The van der Waals surface area contributed by atoms with E-state index in [0.29, 0.717) is 6.54 Å². The first kappa shape index (κ1) is 12.6. The van der Waals surface area contributed by atoms with Crippen LogP contribution in [-0.4, -0.2) is 44.5 Å². The molecule has 0 spiro atoms. The molecule has 0 aliphatic heterocycles. The Morgan fingerprint density at radius 2 is 2.08 bits per heavy atom. The van der Waals surface area contributed by atoms with Gasteiger partial charge in [-0.25, -0.2) is 0 Å². The lowest BCUT2D eigenvalue weighted by Gasteiger charge is -2.29. The topological polar surface area (TPSA) is 29.5 Å². The van der Waals surface area contributed by atoms with Crippen LogP contribution in [0, 0.1) is 0 Å².